The van der Waals surface area contributed by atoms with E-state index in [9.17, 15) is 8.42 Å². The summed E-state index contributed by atoms with van der Waals surface area (Å²) in [4.78, 5) is 0. The Balaban J connectivity index is 2.55. The lowest BCUT2D eigenvalue weighted by Crippen LogP contribution is -2.28. The minimum Gasteiger partial charge on any atom is -0.326 e. The van der Waals surface area contributed by atoms with Crippen LogP contribution in [0.5, 0.6) is 0 Å². The molecule has 0 aliphatic heterocycles. The van der Waals surface area contributed by atoms with Gasteiger partial charge in [0.15, 0.2) is 0 Å². The molecule has 5 heteroatoms. The topological polar surface area (TPSA) is 72.2 Å². The quantitative estimate of drug-likeness (QED) is 0.804. The highest BCUT2D eigenvalue weighted by atomic mass is 32.2. The van der Waals surface area contributed by atoms with Crippen LogP contribution in [0, 0.1) is 5.92 Å². The third-order valence-electron chi connectivity index (χ3n) is 2.31. The van der Waals surface area contributed by atoms with E-state index in [1.165, 1.54) is 0 Å². The van der Waals surface area contributed by atoms with Gasteiger partial charge in [0, 0.05) is 13.1 Å². The maximum atomic E-state index is 11.6. The van der Waals surface area contributed by atoms with Crippen molar-refractivity contribution in [2.24, 2.45) is 11.7 Å². The monoisotopic (exact) mass is 256 g/mol. The van der Waals surface area contributed by atoms with E-state index in [0.29, 0.717) is 13.1 Å². The number of hydrogen-bond acceptors (Lipinski definition) is 3. The van der Waals surface area contributed by atoms with Gasteiger partial charge in [-0.1, -0.05) is 38.1 Å². The first-order chi connectivity index (χ1) is 7.93. The maximum Gasteiger partial charge on any atom is 0.212 e. The molecule has 96 valence electrons. The fourth-order valence-electron chi connectivity index (χ4n) is 1.48. The van der Waals surface area contributed by atoms with Crippen molar-refractivity contribution in [1.29, 1.82) is 0 Å². The van der Waals surface area contributed by atoms with Crippen molar-refractivity contribution in [2.45, 2.75) is 26.9 Å². The summed E-state index contributed by atoms with van der Waals surface area (Å²) in [5, 5.41) is 0. The van der Waals surface area contributed by atoms with Crippen molar-refractivity contribution >= 4 is 10.0 Å². The number of hydrogen-bond donors (Lipinski definition) is 2. The number of sulfonamides is 1. The van der Waals surface area contributed by atoms with Crippen LogP contribution in [-0.4, -0.2) is 14.2 Å². The van der Waals surface area contributed by atoms with Crippen molar-refractivity contribution < 1.29 is 8.42 Å². The van der Waals surface area contributed by atoms with E-state index >= 15 is 0 Å². The third-order valence-corrected chi connectivity index (χ3v) is 4.00. The Morgan fingerprint density at radius 1 is 1.18 bits per heavy atom. The average molecular weight is 256 g/mol. The highest BCUT2D eigenvalue weighted by molar-refractivity contribution is 7.89. The van der Waals surface area contributed by atoms with Crippen molar-refractivity contribution in [3.63, 3.8) is 0 Å². The zero-order chi connectivity index (χ0) is 12.9. The molecule has 1 rings (SSSR count). The molecule has 0 radical (unpaired) electrons. The second-order valence-electron chi connectivity index (χ2n) is 4.52. The van der Waals surface area contributed by atoms with Crippen LogP contribution in [0.4, 0.5) is 0 Å². The molecule has 0 aromatic heterocycles. The summed E-state index contributed by atoms with van der Waals surface area (Å²) in [6, 6.07) is 7.60. The van der Waals surface area contributed by atoms with Crippen LogP contribution in [-0.2, 0) is 23.1 Å². The van der Waals surface area contributed by atoms with E-state index in [2.05, 4.69) is 4.72 Å². The summed E-state index contributed by atoms with van der Waals surface area (Å²) < 4.78 is 25.8. The second-order valence-corrected chi connectivity index (χ2v) is 6.37. The average Bonchev–Trinajstić information content (AvgIpc) is 2.25. The van der Waals surface area contributed by atoms with Gasteiger partial charge in [-0.05, 0) is 17.0 Å². The van der Waals surface area contributed by atoms with E-state index in [1.54, 1.807) is 0 Å². The zero-order valence-electron chi connectivity index (χ0n) is 10.3. The minimum atomic E-state index is -3.17. The number of rotatable bonds is 6. The second kappa shape index (κ2) is 6.14. The fraction of sp³-hybridized carbons (Fsp3) is 0.500. The van der Waals surface area contributed by atoms with Crippen LogP contribution in [0.25, 0.3) is 0 Å². The minimum absolute atomic E-state index is 0.132. The number of nitrogens with one attached hydrogen (secondary N) is 1. The highest BCUT2D eigenvalue weighted by Gasteiger charge is 2.11. The van der Waals surface area contributed by atoms with Crippen molar-refractivity contribution in [3.8, 4) is 0 Å². The Kier molecular flexibility index (Phi) is 5.11. The largest absolute Gasteiger partial charge is 0.326 e. The zero-order valence-corrected chi connectivity index (χ0v) is 11.1. The molecule has 0 spiro atoms. The van der Waals surface area contributed by atoms with Gasteiger partial charge >= 0.3 is 0 Å². The molecule has 3 N–H and O–H groups in total. The fourth-order valence-corrected chi connectivity index (χ4v) is 2.87. The Hall–Kier alpha value is -0.910. The van der Waals surface area contributed by atoms with Crippen LogP contribution in [0.2, 0.25) is 0 Å². The van der Waals surface area contributed by atoms with Gasteiger partial charge in [0.05, 0.1) is 5.75 Å². The SMILES string of the molecule is CC(C)CS(=O)(=O)NCc1ccc(CN)cc1. The molecule has 0 saturated carbocycles. The van der Waals surface area contributed by atoms with E-state index in [0.717, 1.165) is 11.1 Å². The normalized spacial score (nSPS) is 12.0. The highest BCUT2D eigenvalue weighted by Crippen LogP contribution is 2.05. The van der Waals surface area contributed by atoms with Gasteiger partial charge in [0.1, 0.15) is 0 Å². The van der Waals surface area contributed by atoms with Crippen LogP contribution < -0.4 is 10.5 Å². The molecule has 0 fully saturated rings. The molecule has 0 bridgehead atoms. The summed E-state index contributed by atoms with van der Waals surface area (Å²) in [6.45, 7) is 4.60. The van der Waals surface area contributed by atoms with Crippen LogP contribution in [0.3, 0.4) is 0 Å². The van der Waals surface area contributed by atoms with Crippen LogP contribution >= 0.6 is 0 Å². The van der Waals surface area contributed by atoms with Crippen LogP contribution in [0.15, 0.2) is 24.3 Å². The maximum absolute atomic E-state index is 11.6. The lowest BCUT2D eigenvalue weighted by Gasteiger charge is -2.09. The molecule has 0 heterocycles. The van der Waals surface area contributed by atoms with Gasteiger partial charge in [-0.2, -0.15) is 0 Å². The van der Waals surface area contributed by atoms with Gasteiger partial charge in [0.25, 0.3) is 0 Å². The van der Waals surface area contributed by atoms with E-state index < -0.39 is 10.0 Å². The van der Waals surface area contributed by atoms with Crippen molar-refractivity contribution in [2.75, 3.05) is 5.75 Å². The molecule has 17 heavy (non-hydrogen) atoms. The van der Waals surface area contributed by atoms with Crippen molar-refractivity contribution in [3.05, 3.63) is 35.4 Å². The summed E-state index contributed by atoms with van der Waals surface area (Å²) in [6.07, 6.45) is 0. The van der Waals surface area contributed by atoms with E-state index in [-0.39, 0.29) is 11.7 Å². The molecule has 0 unspecified atom stereocenters. The molecule has 4 nitrogen and oxygen atoms in total. The van der Waals surface area contributed by atoms with Gasteiger partial charge in [0.2, 0.25) is 10.0 Å². The van der Waals surface area contributed by atoms with Gasteiger partial charge in [-0.15, -0.1) is 0 Å². The lowest BCUT2D eigenvalue weighted by atomic mass is 10.1. The molecule has 0 amide bonds. The Labute approximate surface area is 103 Å². The van der Waals surface area contributed by atoms with Gasteiger partial charge in [-0.3, -0.25) is 0 Å². The van der Waals surface area contributed by atoms with Gasteiger partial charge < -0.3 is 5.73 Å². The Morgan fingerprint density at radius 3 is 2.18 bits per heavy atom. The summed E-state index contributed by atoms with van der Waals surface area (Å²) in [7, 11) is -3.17. The molecule has 0 saturated heterocycles. The molecule has 0 atom stereocenters. The molecule has 0 aliphatic carbocycles. The summed E-state index contributed by atoms with van der Waals surface area (Å²) in [5.74, 6) is 0.292. The first-order valence-electron chi connectivity index (χ1n) is 5.68. The van der Waals surface area contributed by atoms with Crippen LogP contribution in [0.1, 0.15) is 25.0 Å². The Morgan fingerprint density at radius 2 is 1.71 bits per heavy atom. The number of nitrogens with two attached hydrogens (primary N) is 1. The smallest absolute Gasteiger partial charge is 0.212 e. The van der Waals surface area contributed by atoms with E-state index in [4.69, 9.17) is 5.73 Å². The first-order valence-corrected chi connectivity index (χ1v) is 7.33. The molecular formula is C12H20N2O2S. The predicted octanol–water partition coefficient (Wildman–Crippen LogP) is 1.22. The third kappa shape index (κ3) is 5.30. The molecular weight excluding hydrogens is 236 g/mol. The molecule has 0 aliphatic rings. The standard InChI is InChI=1S/C12H20N2O2S/c1-10(2)9-17(15,16)14-8-12-5-3-11(7-13)4-6-12/h3-6,10,14H,7-9,13H2,1-2H3. The Bertz CT molecular complexity index is 438. The summed E-state index contributed by atoms with van der Waals surface area (Å²) in [5.41, 5.74) is 7.47. The molecule has 1 aromatic rings. The lowest BCUT2D eigenvalue weighted by molar-refractivity contribution is 0.568. The van der Waals surface area contributed by atoms with Crippen molar-refractivity contribution in [1.82, 2.24) is 4.72 Å². The van der Waals surface area contributed by atoms with Gasteiger partial charge in [-0.25, -0.2) is 13.1 Å². The predicted molar refractivity (Wildman–Crippen MR) is 69.8 cm³/mol. The number of benzene rings is 1. The summed E-state index contributed by atoms with van der Waals surface area (Å²) >= 11 is 0. The molecule has 1 aromatic carbocycles. The van der Waals surface area contributed by atoms with E-state index in [1.807, 2.05) is 38.1 Å². The first kappa shape index (κ1) is 14.2.